The Kier molecular flexibility index (Phi) is 14.6. The Labute approximate surface area is 455 Å². The highest BCUT2D eigenvalue weighted by Gasteiger charge is 2.63. The highest BCUT2D eigenvalue weighted by molar-refractivity contribution is 7.90. The number of nitrogens with zero attached hydrogens (tertiary/aromatic N) is 6. The van der Waals surface area contributed by atoms with Crippen LogP contribution >= 0.6 is 0 Å². The Morgan fingerprint density at radius 2 is 1.79 bits per heavy atom. The van der Waals surface area contributed by atoms with Gasteiger partial charge in [0.25, 0.3) is 21.8 Å². The second-order valence-corrected chi connectivity index (χ2v) is 24.6. The summed E-state index contributed by atoms with van der Waals surface area (Å²) >= 11 is 0. The van der Waals surface area contributed by atoms with Crippen molar-refractivity contribution in [3.05, 3.63) is 119 Å². The number of aromatic nitrogens is 4. The SMILES string of the molecule is COc1cc(CN2CCN(C3CC4(CCN(c5ccc(C(=O)NS(=O)(=O)c6cnc(NC[C@H]7CC[C@](C)(O)CC7)c([NH+](C)[O-])c6)c(Oc6cc7c(F)c[nH]c7nc6OC)c5)C5CC54)C3)[C@H](c3ccccc3C(C)C)C2)ccn1. The third-order valence-electron chi connectivity index (χ3n) is 17.5. The number of sulfonamides is 1. The third kappa shape index (κ3) is 10.7. The average Bonchev–Trinajstić information content (AvgIpc) is 4.08. The molecule has 2 saturated heterocycles. The van der Waals surface area contributed by atoms with Gasteiger partial charge in [-0.25, -0.2) is 27.5 Å². The highest BCUT2D eigenvalue weighted by atomic mass is 32.2. The number of aromatic amines is 1. The summed E-state index contributed by atoms with van der Waals surface area (Å²) < 4.78 is 62.8. The predicted molar refractivity (Wildman–Crippen MR) is 294 cm³/mol. The van der Waals surface area contributed by atoms with Crippen molar-refractivity contribution in [1.29, 1.82) is 0 Å². The number of amides is 1. The number of hydrogen-bond donors (Lipinski definition) is 5. The fourth-order valence-corrected chi connectivity index (χ4v) is 14.0. The summed E-state index contributed by atoms with van der Waals surface area (Å²) in [6.07, 6.45) is 11.3. The molecular formula is C58H71FN10O8S. The van der Waals surface area contributed by atoms with Gasteiger partial charge in [0.05, 0.1) is 44.0 Å². The fraction of sp³-hybridized carbons (Fsp3) is 0.483. The number of methoxy groups -OCH3 is 2. The van der Waals surface area contributed by atoms with Gasteiger partial charge in [-0.2, -0.15) is 4.98 Å². The maximum atomic E-state index is 15.0. The van der Waals surface area contributed by atoms with E-state index < -0.39 is 32.4 Å². The zero-order chi connectivity index (χ0) is 54.7. The van der Waals surface area contributed by atoms with Crippen LogP contribution in [-0.4, -0.2) is 121 Å². The molecule has 3 saturated carbocycles. The van der Waals surface area contributed by atoms with E-state index in [1.807, 2.05) is 25.3 Å². The molecule has 5 fully saturated rings. The van der Waals surface area contributed by atoms with Crippen LogP contribution in [0.3, 0.4) is 0 Å². The minimum atomic E-state index is -4.60. The number of rotatable bonds is 17. The molecule has 414 valence electrons. The lowest BCUT2D eigenvalue weighted by atomic mass is 9.58. The first-order valence-electron chi connectivity index (χ1n) is 27.3. The topological polar surface area (TPSA) is 215 Å². The molecule has 4 atom stereocenters. The summed E-state index contributed by atoms with van der Waals surface area (Å²) in [5.41, 5.74) is 4.49. The quantitative estimate of drug-likeness (QED) is 0.0550. The van der Waals surface area contributed by atoms with Gasteiger partial charge in [0.1, 0.15) is 22.1 Å². The molecule has 78 heavy (non-hydrogen) atoms. The van der Waals surface area contributed by atoms with E-state index in [9.17, 15) is 27.9 Å². The Balaban J connectivity index is 0.819. The first-order chi connectivity index (χ1) is 37.4. The maximum Gasteiger partial charge on any atom is 0.268 e. The van der Waals surface area contributed by atoms with Gasteiger partial charge in [0, 0.05) is 99.7 Å². The maximum absolute atomic E-state index is 15.0. The number of fused-ring (bicyclic) bond motifs is 3. The van der Waals surface area contributed by atoms with Gasteiger partial charge in [-0.1, -0.05) is 38.1 Å². The summed E-state index contributed by atoms with van der Waals surface area (Å²) in [6, 6.07) is 21.8. The lowest BCUT2D eigenvalue weighted by Gasteiger charge is -2.58. The number of ether oxygens (including phenoxy) is 3. The van der Waals surface area contributed by atoms with E-state index >= 15 is 0 Å². The normalized spacial score (nSPS) is 25.8. The summed E-state index contributed by atoms with van der Waals surface area (Å²) in [7, 11) is -0.218. The van der Waals surface area contributed by atoms with Gasteiger partial charge >= 0.3 is 0 Å². The molecule has 0 radical (unpaired) electrons. The van der Waals surface area contributed by atoms with Crippen LogP contribution in [0.4, 0.5) is 21.6 Å². The van der Waals surface area contributed by atoms with Crippen LogP contribution in [-0.2, 0) is 16.6 Å². The molecular weight excluding hydrogens is 1020 g/mol. The Bertz CT molecular complexity index is 3300. The van der Waals surface area contributed by atoms with Crippen molar-refractivity contribution in [1.82, 2.24) is 34.5 Å². The van der Waals surface area contributed by atoms with Crippen LogP contribution < -0.4 is 34.2 Å². The van der Waals surface area contributed by atoms with E-state index in [1.54, 1.807) is 19.2 Å². The molecule has 20 heteroatoms. The number of carbonyl (C=O) groups is 1. The summed E-state index contributed by atoms with van der Waals surface area (Å²) in [5.74, 6) is 0.468. The summed E-state index contributed by atoms with van der Waals surface area (Å²) in [5, 5.41) is 26.2. The zero-order valence-corrected chi connectivity index (χ0v) is 46.0. The number of benzene rings is 2. The molecule has 4 aromatic heterocycles. The molecule has 6 aromatic rings. The summed E-state index contributed by atoms with van der Waals surface area (Å²) in [4.78, 5) is 37.6. The van der Waals surface area contributed by atoms with E-state index in [2.05, 4.69) is 88.9 Å². The third-order valence-corrected chi connectivity index (χ3v) is 18.8. The standard InChI is InChI=1S/C58H71FN10O8S/c1-35(2)41-9-7-8-10-42(41)49-34-67(33-37-15-19-60-52(23-37)75-5)21-22-69(49)39-28-58(29-39)18-20-68(47-27-45(47)58)38-11-12-43(50(24-38)77-51-26-44-46(59)32-63-53(44)64-56(51)76-6)55(70)65-78(73,74)40-25-48(66(4)72)54(62-31-40)61-30-36-13-16-57(3,71)17-14-36/h7-12,15,19,23-26,31-32,35-36,39,45,47,49,66,71H,13-14,16-18,20-22,27-30,33-34H2,1-6H3,(H,61,62)(H,63,64)(H,65,70)/t36-,39?,45?,47?,49-,57-,58?/m0/s1. The fourth-order valence-electron chi connectivity index (χ4n) is 13.1. The molecule has 2 aliphatic heterocycles. The van der Waals surface area contributed by atoms with Crippen LogP contribution in [0.1, 0.15) is 111 Å². The Morgan fingerprint density at radius 3 is 2.55 bits per heavy atom. The van der Waals surface area contributed by atoms with Gasteiger partial charge in [-0.3, -0.25) is 14.6 Å². The number of hydrogen-bond acceptors (Lipinski definition) is 15. The largest absolute Gasteiger partial charge is 0.629 e. The van der Waals surface area contributed by atoms with Gasteiger partial charge < -0.3 is 44.8 Å². The molecule has 6 heterocycles. The average molecular weight is 1090 g/mol. The number of nitrogens with one attached hydrogen (secondary N) is 4. The van der Waals surface area contributed by atoms with E-state index in [1.165, 1.54) is 49.2 Å². The van der Waals surface area contributed by atoms with Gasteiger partial charge in [0.15, 0.2) is 17.3 Å². The monoisotopic (exact) mass is 1090 g/mol. The van der Waals surface area contributed by atoms with E-state index in [0.29, 0.717) is 43.1 Å². The van der Waals surface area contributed by atoms with Crippen LogP contribution in [0.2, 0.25) is 0 Å². The van der Waals surface area contributed by atoms with E-state index in [4.69, 9.17) is 14.2 Å². The molecule has 2 aromatic carbocycles. The van der Waals surface area contributed by atoms with Crippen LogP contribution in [0.25, 0.3) is 11.0 Å². The van der Waals surface area contributed by atoms with Crippen molar-refractivity contribution < 1.29 is 42.0 Å². The number of H-pyrrole nitrogens is 1. The molecule has 18 nitrogen and oxygen atoms in total. The highest BCUT2D eigenvalue weighted by Crippen LogP contribution is 2.65. The Hall–Kier alpha value is -6.42. The second-order valence-electron chi connectivity index (χ2n) is 22.9. The molecule has 3 unspecified atom stereocenters. The predicted octanol–water partition coefficient (Wildman–Crippen LogP) is 7.85. The lowest BCUT2D eigenvalue weighted by molar-refractivity contribution is -0.751. The number of hydroxylamine groups is 1. The summed E-state index contributed by atoms with van der Waals surface area (Å²) in [6.45, 7) is 11.4. The number of pyridine rings is 3. The van der Waals surface area contributed by atoms with E-state index in [0.717, 1.165) is 83.1 Å². The zero-order valence-electron chi connectivity index (χ0n) is 45.2. The number of anilines is 2. The van der Waals surface area contributed by atoms with Crippen molar-refractivity contribution in [2.45, 2.75) is 113 Å². The van der Waals surface area contributed by atoms with Crippen molar-refractivity contribution >= 4 is 44.2 Å². The molecule has 3 aliphatic carbocycles. The number of quaternary nitrogens is 1. The molecule has 0 bridgehead atoms. The van der Waals surface area contributed by atoms with Gasteiger partial charge in [0.2, 0.25) is 5.88 Å². The van der Waals surface area contributed by atoms with Gasteiger partial charge in [-0.15, -0.1) is 0 Å². The smallest absolute Gasteiger partial charge is 0.268 e. The number of piperazine rings is 1. The van der Waals surface area contributed by atoms with Gasteiger partial charge in [-0.05, 0) is 116 Å². The van der Waals surface area contributed by atoms with Crippen molar-refractivity contribution in [3.63, 3.8) is 0 Å². The van der Waals surface area contributed by atoms with Crippen LogP contribution in [0, 0.1) is 28.3 Å². The minimum Gasteiger partial charge on any atom is -0.629 e. The lowest BCUT2D eigenvalue weighted by Crippen LogP contribution is -2.98. The first-order valence-corrected chi connectivity index (χ1v) is 28.8. The van der Waals surface area contributed by atoms with Crippen LogP contribution in [0.15, 0.2) is 90.2 Å². The van der Waals surface area contributed by atoms with Crippen molar-refractivity contribution in [3.8, 4) is 23.3 Å². The second kappa shape index (κ2) is 21.3. The number of piperidine rings is 1. The number of carbonyl (C=O) groups excluding carboxylic acids is 1. The van der Waals surface area contributed by atoms with Crippen molar-refractivity contribution in [2.75, 3.05) is 64.2 Å². The first kappa shape index (κ1) is 53.6. The molecule has 5 N–H and O–H groups in total. The number of aliphatic hydroxyl groups is 1. The van der Waals surface area contributed by atoms with E-state index in [-0.39, 0.29) is 73.8 Å². The number of halogens is 1. The van der Waals surface area contributed by atoms with Crippen molar-refractivity contribution in [2.24, 2.45) is 17.3 Å². The molecule has 11 rings (SSSR count). The minimum absolute atomic E-state index is 0.0121. The molecule has 1 spiro atoms. The molecule has 1 amide bonds. The van der Waals surface area contributed by atoms with Crippen LogP contribution in [0.5, 0.6) is 23.3 Å². The Morgan fingerprint density at radius 1 is 1.00 bits per heavy atom. The molecule has 5 aliphatic rings.